The minimum Gasteiger partial charge on any atom is -0.310 e. The van der Waals surface area contributed by atoms with Gasteiger partial charge in [0, 0.05) is 16.7 Å². The molecule has 100 valence electrons. The zero-order chi connectivity index (χ0) is 14.1. The molecule has 0 saturated heterocycles. The fraction of sp³-hybridized carbons (Fsp3) is 0. The summed E-state index contributed by atoms with van der Waals surface area (Å²) in [6.07, 6.45) is 1.50. The fourth-order valence-corrected chi connectivity index (χ4v) is 2.88. The first-order valence-corrected chi connectivity index (χ1v) is 7.17. The molecule has 0 aliphatic carbocycles. The minimum absolute atomic E-state index is 0.0985. The molecule has 3 aromatic rings. The van der Waals surface area contributed by atoms with E-state index in [9.17, 15) is 10.1 Å². The first-order valence-electron chi connectivity index (χ1n) is 5.56. The van der Waals surface area contributed by atoms with E-state index in [1.54, 1.807) is 0 Å². The van der Waals surface area contributed by atoms with Crippen LogP contribution in [0.2, 0.25) is 0 Å². The van der Waals surface area contributed by atoms with Gasteiger partial charge in [-0.1, -0.05) is 23.5 Å². The number of nitro groups is 1. The lowest BCUT2D eigenvalue weighted by Gasteiger charge is -2.02. The molecule has 0 aliphatic heterocycles. The number of rotatable bonds is 3. The van der Waals surface area contributed by atoms with Crippen molar-refractivity contribution in [2.45, 2.75) is 0 Å². The maximum atomic E-state index is 11.0. The second kappa shape index (κ2) is 5.14. The van der Waals surface area contributed by atoms with Crippen molar-refractivity contribution in [1.29, 1.82) is 0 Å². The molecule has 6 nitrogen and oxygen atoms in total. The monoisotopic (exact) mass is 350 g/mol. The number of thiazole rings is 1. The van der Waals surface area contributed by atoms with Crippen LogP contribution in [0.4, 0.5) is 16.6 Å². The van der Waals surface area contributed by atoms with E-state index in [4.69, 9.17) is 0 Å². The third-order valence-electron chi connectivity index (χ3n) is 2.55. The molecule has 0 radical (unpaired) electrons. The molecule has 8 heteroatoms. The predicted molar refractivity (Wildman–Crippen MR) is 81.5 cm³/mol. The average Bonchev–Trinajstić information content (AvgIpc) is 2.82. The molecule has 0 aliphatic rings. The lowest BCUT2D eigenvalue weighted by molar-refractivity contribution is -0.384. The summed E-state index contributed by atoms with van der Waals surface area (Å²) in [6, 6.07) is 9.06. The van der Waals surface area contributed by atoms with E-state index in [2.05, 4.69) is 31.2 Å². The van der Waals surface area contributed by atoms with E-state index >= 15 is 0 Å². The molecule has 0 spiro atoms. The van der Waals surface area contributed by atoms with Crippen molar-refractivity contribution in [3.05, 3.63) is 51.1 Å². The van der Waals surface area contributed by atoms with Crippen LogP contribution in [0.5, 0.6) is 0 Å². The van der Waals surface area contributed by atoms with Crippen molar-refractivity contribution in [3.63, 3.8) is 0 Å². The van der Waals surface area contributed by atoms with E-state index in [0.717, 1.165) is 10.2 Å². The molecule has 0 bridgehead atoms. The Balaban J connectivity index is 2.00. The standard InChI is InChI=1S/C12H7BrN4O2S/c13-7-5-9(17(18)19)11(14-6-7)16-12-15-8-3-1-2-4-10(8)20-12/h1-6H,(H,14,15,16). The molecule has 20 heavy (non-hydrogen) atoms. The lowest BCUT2D eigenvalue weighted by Crippen LogP contribution is -1.99. The summed E-state index contributed by atoms with van der Waals surface area (Å²) in [5.74, 6) is 0.178. The van der Waals surface area contributed by atoms with Gasteiger partial charge < -0.3 is 5.32 Å². The molecule has 2 heterocycles. The highest BCUT2D eigenvalue weighted by Gasteiger charge is 2.17. The number of anilines is 2. The molecule has 0 fully saturated rings. The Bertz CT molecular complexity index is 772. The SMILES string of the molecule is O=[N+]([O-])c1cc(Br)cnc1Nc1nc2ccccc2s1. The van der Waals surface area contributed by atoms with E-state index < -0.39 is 4.92 Å². The average molecular weight is 351 g/mol. The van der Waals surface area contributed by atoms with Gasteiger partial charge in [-0.15, -0.1) is 0 Å². The van der Waals surface area contributed by atoms with Crippen molar-refractivity contribution >= 4 is 54.1 Å². The van der Waals surface area contributed by atoms with Gasteiger partial charge in [-0.05, 0) is 28.1 Å². The highest BCUT2D eigenvalue weighted by atomic mass is 79.9. The van der Waals surface area contributed by atoms with Crippen LogP contribution < -0.4 is 5.32 Å². The number of halogens is 1. The van der Waals surface area contributed by atoms with Crippen LogP contribution in [-0.2, 0) is 0 Å². The molecule has 1 N–H and O–H groups in total. The zero-order valence-corrected chi connectivity index (χ0v) is 12.3. The van der Waals surface area contributed by atoms with E-state index in [1.165, 1.54) is 23.6 Å². The van der Waals surface area contributed by atoms with Crippen molar-refractivity contribution < 1.29 is 4.92 Å². The Morgan fingerprint density at radius 1 is 1.35 bits per heavy atom. The van der Waals surface area contributed by atoms with E-state index in [-0.39, 0.29) is 11.5 Å². The summed E-state index contributed by atoms with van der Waals surface area (Å²) in [6.45, 7) is 0. The van der Waals surface area contributed by atoms with Crippen molar-refractivity contribution in [1.82, 2.24) is 9.97 Å². The maximum Gasteiger partial charge on any atom is 0.312 e. The number of hydrogen-bond donors (Lipinski definition) is 1. The molecule has 2 aromatic heterocycles. The number of fused-ring (bicyclic) bond motifs is 1. The summed E-state index contributed by atoms with van der Waals surface area (Å²) in [4.78, 5) is 18.9. The number of nitrogens with one attached hydrogen (secondary N) is 1. The molecular formula is C12H7BrN4O2S. The van der Waals surface area contributed by atoms with Crippen LogP contribution in [-0.4, -0.2) is 14.9 Å². The summed E-state index contributed by atoms with van der Waals surface area (Å²) in [5.41, 5.74) is 0.749. The third-order valence-corrected chi connectivity index (χ3v) is 3.94. The van der Waals surface area contributed by atoms with Gasteiger partial charge in [-0.25, -0.2) is 9.97 Å². The Labute approximate surface area is 125 Å². The van der Waals surface area contributed by atoms with Gasteiger partial charge in [0.05, 0.1) is 15.1 Å². The maximum absolute atomic E-state index is 11.0. The van der Waals surface area contributed by atoms with Gasteiger partial charge in [0.2, 0.25) is 5.82 Å². The Morgan fingerprint density at radius 3 is 2.90 bits per heavy atom. The van der Waals surface area contributed by atoms with Crippen molar-refractivity contribution in [3.8, 4) is 0 Å². The van der Waals surface area contributed by atoms with Crippen LogP contribution in [0, 0.1) is 10.1 Å². The van der Waals surface area contributed by atoms with Crippen molar-refractivity contribution in [2.75, 3.05) is 5.32 Å². The van der Waals surface area contributed by atoms with Gasteiger partial charge in [0.1, 0.15) is 0 Å². The fourth-order valence-electron chi connectivity index (χ4n) is 1.69. The van der Waals surface area contributed by atoms with Gasteiger partial charge in [-0.3, -0.25) is 10.1 Å². The Morgan fingerprint density at radius 2 is 2.15 bits per heavy atom. The second-order valence-corrected chi connectivity index (χ2v) is 5.84. The van der Waals surface area contributed by atoms with Crippen LogP contribution >= 0.6 is 27.3 Å². The number of para-hydroxylation sites is 1. The van der Waals surface area contributed by atoms with Crippen LogP contribution in [0.1, 0.15) is 0 Å². The van der Waals surface area contributed by atoms with Crippen LogP contribution in [0.3, 0.4) is 0 Å². The second-order valence-electron chi connectivity index (χ2n) is 3.89. The number of aromatic nitrogens is 2. The van der Waals surface area contributed by atoms with E-state index in [0.29, 0.717) is 9.60 Å². The number of pyridine rings is 1. The number of benzene rings is 1. The summed E-state index contributed by atoms with van der Waals surface area (Å²) in [5, 5.41) is 14.5. The largest absolute Gasteiger partial charge is 0.312 e. The molecule has 0 atom stereocenters. The number of hydrogen-bond acceptors (Lipinski definition) is 6. The minimum atomic E-state index is -0.479. The first-order chi connectivity index (χ1) is 9.63. The summed E-state index contributed by atoms with van der Waals surface area (Å²) in [7, 11) is 0. The zero-order valence-electron chi connectivity index (χ0n) is 9.91. The normalized spacial score (nSPS) is 10.7. The molecule has 1 aromatic carbocycles. The topological polar surface area (TPSA) is 81.0 Å². The molecule has 3 rings (SSSR count). The summed E-state index contributed by atoms with van der Waals surface area (Å²) < 4.78 is 1.56. The molecule has 0 unspecified atom stereocenters. The van der Waals surface area contributed by atoms with Crippen LogP contribution in [0.15, 0.2) is 41.0 Å². The smallest absolute Gasteiger partial charge is 0.310 e. The highest BCUT2D eigenvalue weighted by molar-refractivity contribution is 9.10. The highest BCUT2D eigenvalue weighted by Crippen LogP contribution is 2.31. The quantitative estimate of drug-likeness (QED) is 0.567. The third kappa shape index (κ3) is 2.47. The van der Waals surface area contributed by atoms with Crippen LogP contribution in [0.25, 0.3) is 10.2 Å². The van der Waals surface area contributed by atoms with Gasteiger partial charge in [0.15, 0.2) is 5.13 Å². The van der Waals surface area contributed by atoms with E-state index in [1.807, 2.05) is 24.3 Å². The molecule has 0 saturated carbocycles. The summed E-state index contributed by atoms with van der Waals surface area (Å²) >= 11 is 4.59. The predicted octanol–water partition coefficient (Wildman–Crippen LogP) is 4.11. The lowest BCUT2D eigenvalue weighted by atomic mass is 10.3. The van der Waals surface area contributed by atoms with Gasteiger partial charge >= 0.3 is 5.69 Å². The Kier molecular flexibility index (Phi) is 3.33. The van der Waals surface area contributed by atoms with Gasteiger partial charge in [-0.2, -0.15) is 0 Å². The first kappa shape index (κ1) is 12.9. The molecular weight excluding hydrogens is 344 g/mol. The molecule has 0 amide bonds. The van der Waals surface area contributed by atoms with Gasteiger partial charge in [0.25, 0.3) is 0 Å². The Hall–Kier alpha value is -2.06. The van der Waals surface area contributed by atoms with Crippen molar-refractivity contribution in [2.24, 2.45) is 0 Å². The number of nitrogens with zero attached hydrogens (tertiary/aromatic N) is 3.